The van der Waals surface area contributed by atoms with Gasteiger partial charge in [0.25, 0.3) is 0 Å². The van der Waals surface area contributed by atoms with E-state index in [4.69, 9.17) is 15.7 Å². The lowest BCUT2D eigenvalue weighted by molar-refractivity contribution is 0.147. The second-order valence-electron chi connectivity index (χ2n) is 12.3. The van der Waals surface area contributed by atoms with Gasteiger partial charge in [-0.25, -0.2) is 0 Å². The van der Waals surface area contributed by atoms with E-state index < -0.39 is 0 Å². The van der Waals surface area contributed by atoms with Gasteiger partial charge in [0.2, 0.25) is 0 Å². The Hall–Kier alpha value is 1.53. The summed E-state index contributed by atoms with van der Waals surface area (Å²) in [5.74, 6) is 6.81. The van der Waals surface area contributed by atoms with Crippen LogP contribution < -0.4 is 0 Å². The summed E-state index contributed by atoms with van der Waals surface area (Å²) in [6, 6.07) is 0. The van der Waals surface area contributed by atoms with Crippen molar-refractivity contribution in [1.29, 1.82) is 0 Å². The van der Waals surface area contributed by atoms with E-state index in [1.165, 1.54) is 0 Å². The highest BCUT2D eigenvalue weighted by molar-refractivity contribution is 8.09. The first-order valence-electron chi connectivity index (χ1n) is 13.2. The number of rotatable bonds is 0. The van der Waals surface area contributed by atoms with E-state index in [9.17, 15) is 0 Å². The minimum atomic E-state index is 0.274. The normalized spacial score (nSPS) is 64.6. The summed E-state index contributed by atoms with van der Waals surface area (Å²) in [6.07, 6.45) is 0. The molecule has 3 saturated carbocycles. The van der Waals surface area contributed by atoms with Crippen LogP contribution in [0.2, 0.25) is 11.6 Å². The molecule has 5 fully saturated rings. The van der Waals surface area contributed by atoms with Crippen LogP contribution in [-0.4, -0.2) is 57.7 Å². The second kappa shape index (κ2) is 9.13. The van der Waals surface area contributed by atoms with Gasteiger partial charge in [-0.05, 0) is 47.3 Å². The van der Waals surface area contributed by atoms with Crippen LogP contribution in [0.4, 0.5) is 0 Å². The van der Waals surface area contributed by atoms with Gasteiger partial charge in [0.05, 0.1) is 15.7 Å². The zero-order chi connectivity index (χ0) is 23.2. The van der Waals surface area contributed by atoms with Gasteiger partial charge in [-0.15, -0.1) is 0 Å². The molecule has 0 spiro atoms. The molecule has 0 nitrogen and oxygen atoms in total. The molecule has 5 aliphatic rings. The summed E-state index contributed by atoms with van der Waals surface area (Å²) >= 11 is 9.07. The molecule has 5 rings (SSSR count). The molecule has 16 unspecified atom stereocenters. The van der Waals surface area contributed by atoms with Crippen LogP contribution in [0.3, 0.4) is 0 Å². The molecule has 176 valence electrons. The first-order chi connectivity index (χ1) is 15.0. The van der Waals surface area contributed by atoms with E-state index in [-0.39, 0.29) is 11.6 Å². The summed E-state index contributed by atoms with van der Waals surface area (Å²) in [4.78, 5) is 0. The number of hydrogen-bond acceptors (Lipinski definition) is 4. The summed E-state index contributed by atoms with van der Waals surface area (Å²) in [5.41, 5.74) is 0. The minimum Gasteiger partial charge on any atom is -0.153 e. The molecule has 0 bridgehead atoms. The molecule has 4 radical (unpaired) electrons. The van der Waals surface area contributed by atoms with E-state index in [1.807, 2.05) is 0 Å². The van der Waals surface area contributed by atoms with Crippen LogP contribution >= 0.6 is 47.0 Å². The number of hydrogen-bond donors (Lipinski definition) is 0. The third kappa shape index (κ3) is 3.67. The number of thioether (sulfide) groups is 4. The van der Waals surface area contributed by atoms with Crippen molar-refractivity contribution in [2.45, 2.75) is 109 Å². The van der Waals surface area contributed by atoms with Gasteiger partial charge in [0.15, 0.2) is 0 Å². The molecular formula is C26H42B2S4. The summed E-state index contributed by atoms with van der Waals surface area (Å²) < 4.78 is 0. The lowest BCUT2D eigenvalue weighted by Gasteiger charge is -2.62. The van der Waals surface area contributed by atoms with Gasteiger partial charge in [0.1, 0.15) is 0 Å². The topological polar surface area (TPSA) is 0 Å². The Morgan fingerprint density at radius 1 is 0.312 bits per heavy atom. The third-order valence-electron chi connectivity index (χ3n) is 11.1. The van der Waals surface area contributed by atoms with Gasteiger partial charge in [-0.2, -0.15) is 47.0 Å². The predicted octanol–water partition coefficient (Wildman–Crippen LogP) is 6.94. The highest BCUT2D eigenvalue weighted by atomic mass is 32.2. The monoisotopic (exact) mass is 504 g/mol. The van der Waals surface area contributed by atoms with E-state index >= 15 is 0 Å². The fourth-order valence-corrected chi connectivity index (χ4v) is 17.3. The van der Waals surface area contributed by atoms with Crippen molar-refractivity contribution in [3.8, 4) is 0 Å². The maximum atomic E-state index is 7.21. The molecule has 0 aromatic rings. The fourth-order valence-electron chi connectivity index (χ4n) is 7.76. The number of fused-ring (bicyclic) bond motifs is 4. The predicted molar refractivity (Wildman–Crippen MR) is 153 cm³/mol. The maximum absolute atomic E-state index is 7.21. The van der Waals surface area contributed by atoms with Crippen molar-refractivity contribution in [1.82, 2.24) is 0 Å². The highest BCUT2D eigenvalue weighted by Gasteiger charge is 2.59. The van der Waals surface area contributed by atoms with Crippen LogP contribution in [0.25, 0.3) is 0 Å². The van der Waals surface area contributed by atoms with Crippen molar-refractivity contribution in [3.63, 3.8) is 0 Å². The SMILES string of the molecule is [B]C1C2SC3C(C)C(C)C(C)C(C)C3SC2C([B])C2SC3C(C)C(C)C(C)C(C)C3SC12. The molecule has 0 amide bonds. The zero-order valence-corrected chi connectivity index (χ0v) is 24.4. The minimum absolute atomic E-state index is 0.274. The molecule has 2 saturated heterocycles. The van der Waals surface area contributed by atoms with Gasteiger partial charge in [0, 0.05) is 42.0 Å². The molecule has 3 aliphatic carbocycles. The Morgan fingerprint density at radius 3 is 0.688 bits per heavy atom. The largest absolute Gasteiger partial charge is 0.153 e. The Morgan fingerprint density at radius 2 is 0.500 bits per heavy atom. The van der Waals surface area contributed by atoms with Gasteiger partial charge in [-0.1, -0.05) is 67.0 Å². The van der Waals surface area contributed by atoms with E-state index in [0.29, 0.717) is 21.0 Å². The molecular weight excluding hydrogens is 462 g/mol. The second-order valence-corrected chi connectivity index (χ2v) is 17.7. The average molecular weight is 505 g/mol. The van der Waals surface area contributed by atoms with Gasteiger partial charge < -0.3 is 0 Å². The molecule has 0 aromatic heterocycles. The van der Waals surface area contributed by atoms with E-state index in [1.54, 1.807) is 0 Å². The quantitative estimate of drug-likeness (QED) is 0.328. The van der Waals surface area contributed by atoms with Crippen molar-refractivity contribution in [3.05, 3.63) is 0 Å². The summed E-state index contributed by atoms with van der Waals surface area (Å²) in [6.45, 7) is 20.0. The standard InChI is InChI=1S/C26H42B2S4/c1-9-10(2)14(6)20-19(13(9)5)29-23-17(27)25-26(18(28)24(23)30-20)32-22-16(8)12(4)11(3)15(7)21(22)31-25/h9-26H,1-8H3. The molecule has 6 heteroatoms. The Bertz CT molecular complexity index is 593. The Labute approximate surface area is 218 Å². The van der Waals surface area contributed by atoms with Gasteiger partial charge >= 0.3 is 0 Å². The first-order valence-corrected chi connectivity index (χ1v) is 16.9. The lowest BCUT2D eigenvalue weighted by Crippen LogP contribution is -2.60. The zero-order valence-electron chi connectivity index (χ0n) is 21.2. The molecule has 2 aliphatic heterocycles. The van der Waals surface area contributed by atoms with E-state index in [2.05, 4.69) is 102 Å². The molecule has 0 aromatic carbocycles. The van der Waals surface area contributed by atoms with Crippen LogP contribution in [0.5, 0.6) is 0 Å². The molecule has 16 atom stereocenters. The Kier molecular flexibility index (Phi) is 7.18. The van der Waals surface area contributed by atoms with Crippen molar-refractivity contribution in [2.24, 2.45) is 47.3 Å². The van der Waals surface area contributed by atoms with Crippen molar-refractivity contribution >= 4 is 62.7 Å². The van der Waals surface area contributed by atoms with Crippen molar-refractivity contribution in [2.75, 3.05) is 0 Å². The third-order valence-corrected chi connectivity index (χ3v) is 19.6. The Balaban J connectivity index is 1.42. The molecule has 0 N–H and O–H groups in total. The highest BCUT2D eigenvalue weighted by Crippen LogP contribution is 2.66. The molecule has 32 heavy (non-hydrogen) atoms. The van der Waals surface area contributed by atoms with E-state index in [0.717, 1.165) is 68.3 Å². The van der Waals surface area contributed by atoms with Crippen molar-refractivity contribution < 1.29 is 0 Å². The first kappa shape index (κ1) is 25.2. The average Bonchev–Trinajstić information content (AvgIpc) is 2.80. The molecule has 2 heterocycles. The summed E-state index contributed by atoms with van der Waals surface area (Å²) in [5, 5.41) is 5.02. The van der Waals surface area contributed by atoms with Crippen LogP contribution in [0, 0.1) is 47.3 Å². The van der Waals surface area contributed by atoms with Gasteiger partial charge in [-0.3, -0.25) is 0 Å². The van der Waals surface area contributed by atoms with Crippen LogP contribution in [-0.2, 0) is 0 Å². The van der Waals surface area contributed by atoms with Crippen LogP contribution in [0.1, 0.15) is 55.4 Å². The smallest absolute Gasteiger partial charge is 0.0730 e. The van der Waals surface area contributed by atoms with Crippen LogP contribution in [0.15, 0.2) is 0 Å². The maximum Gasteiger partial charge on any atom is 0.0730 e. The summed E-state index contributed by atoms with van der Waals surface area (Å²) in [7, 11) is 14.4. The lowest BCUT2D eigenvalue weighted by atomic mass is 9.64. The fraction of sp³-hybridized carbons (Fsp3) is 1.00.